The Morgan fingerprint density at radius 3 is 2.59 bits per heavy atom. The summed E-state index contributed by atoms with van der Waals surface area (Å²) in [5.74, 6) is 1.71. The van der Waals surface area contributed by atoms with Gasteiger partial charge in [-0.3, -0.25) is 4.98 Å². The Hall–Kier alpha value is -2.45. The monoisotopic (exact) mass is 384 g/mol. The maximum Gasteiger partial charge on any atom is 0.0704 e. The van der Waals surface area contributed by atoms with Crippen LogP contribution in [0.25, 0.3) is 10.9 Å². The number of hydrogen-bond acceptors (Lipinski definition) is 2. The smallest absolute Gasteiger partial charge is 0.0704 e. The van der Waals surface area contributed by atoms with Crippen LogP contribution in [-0.2, 0) is 12.8 Å². The number of aromatic nitrogens is 1. The summed E-state index contributed by atoms with van der Waals surface area (Å²) >= 11 is 0. The van der Waals surface area contributed by atoms with Gasteiger partial charge in [-0.15, -0.1) is 6.58 Å². The van der Waals surface area contributed by atoms with Crippen LogP contribution < -0.4 is 5.32 Å². The number of hydrogen-bond donors (Lipinski definition) is 1. The molecule has 2 unspecified atom stereocenters. The van der Waals surface area contributed by atoms with Crippen molar-refractivity contribution in [3.63, 3.8) is 0 Å². The van der Waals surface area contributed by atoms with Crippen LogP contribution in [0.5, 0.6) is 0 Å². The molecule has 2 aromatic carbocycles. The molecule has 2 nitrogen and oxygen atoms in total. The highest BCUT2D eigenvalue weighted by atomic mass is 15.1. The molecule has 1 saturated heterocycles. The topological polar surface area (TPSA) is 24.9 Å². The van der Waals surface area contributed by atoms with E-state index in [1.807, 2.05) is 12.3 Å². The first kappa shape index (κ1) is 19.8. The highest BCUT2D eigenvalue weighted by Crippen LogP contribution is 2.58. The first-order chi connectivity index (χ1) is 14.3. The van der Waals surface area contributed by atoms with Gasteiger partial charge in [0.25, 0.3) is 0 Å². The van der Waals surface area contributed by atoms with Crippen LogP contribution >= 0.6 is 0 Å². The maximum atomic E-state index is 4.41. The number of pyridine rings is 1. The van der Waals surface area contributed by atoms with Gasteiger partial charge in [0, 0.05) is 17.1 Å². The fourth-order valence-corrected chi connectivity index (χ4v) is 5.20. The summed E-state index contributed by atoms with van der Waals surface area (Å²) in [7, 11) is 0. The molecule has 2 fully saturated rings. The molecular formula is C27H32N2. The van der Waals surface area contributed by atoms with Crippen molar-refractivity contribution in [2.75, 3.05) is 6.54 Å². The zero-order chi connectivity index (χ0) is 20.1. The number of para-hydroxylation sites is 1. The standard InChI is InChI=1S/C18H17N.C9H15N/c1-2-7-15(8-3-1)9-6-10-16-13-14-19-18-12-5-4-11-17(16)18;1-3-7-8-5-6-10-9(7,8)4-2/h1-5,7-8,11-14H,6,9-10H2;3,7-8,10H,1,4-6H2,2H3/t;7?,8?,9-/m.0/s1. The molecule has 29 heavy (non-hydrogen) atoms. The summed E-state index contributed by atoms with van der Waals surface area (Å²) in [6, 6.07) is 21.2. The van der Waals surface area contributed by atoms with E-state index in [0.717, 1.165) is 30.2 Å². The Morgan fingerprint density at radius 1 is 1.07 bits per heavy atom. The minimum atomic E-state index is 0.502. The van der Waals surface area contributed by atoms with Gasteiger partial charge in [-0.25, -0.2) is 0 Å². The second-order valence-electron chi connectivity index (χ2n) is 8.30. The third kappa shape index (κ3) is 4.13. The lowest BCUT2D eigenvalue weighted by molar-refractivity contribution is 0.503. The van der Waals surface area contributed by atoms with E-state index in [1.165, 1.54) is 42.3 Å². The summed E-state index contributed by atoms with van der Waals surface area (Å²) in [5, 5.41) is 4.88. The van der Waals surface area contributed by atoms with Crippen molar-refractivity contribution in [2.24, 2.45) is 11.8 Å². The van der Waals surface area contributed by atoms with Gasteiger partial charge in [-0.05, 0) is 73.7 Å². The van der Waals surface area contributed by atoms with Crippen LogP contribution in [0, 0.1) is 11.8 Å². The SMILES string of the molecule is C=CC1C2CCN[C@@]12CC.c1ccc(CCCc2ccnc3ccccc23)cc1. The molecule has 2 heterocycles. The van der Waals surface area contributed by atoms with Crippen molar-refractivity contribution in [3.8, 4) is 0 Å². The average Bonchev–Trinajstić information content (AvgIpc) is 3.19. The predicted molar refractivity (Wildman–Crippen MR) is 123 cm³/mol. The molecular weight excluding hydrogens is 352 g/mol. The number of benzene rings is 2. The van der Waals surface area contributed by atoms with E-state index in [4.69, 9.17) is 0 Å². The van der Waals surface area contributed by atoms with Crippen LogP contribution in [0.3, 0.4) is 0 Å². The largest absolute Gasteiger partial charge is 0.310 e. The van der Waals surface area contributed by atoms with Crippen LogP contribution in [0.15, 0.2) is 79.5 Å². The zero-order valence-corrected chi connectivity index (χ0v) is 17.5. The van der Waals surface area contributed by atoms with Crippen LogP contribution in [0.1, 0.15) is 37.3 Å². The summed E-state index contributed by atoms with van der Waals surface area (Å²) < 4.78 is 0. The van der Waals surface area contributed by atoms with E-state index in [-0.39, 0.29) is 0 Å². The van der Waals surface area contributed by atoms with Crippen LogP contribution in [-0.4, -0.2) is 17.1 Å². The fraction of sp³-hybridized carbons (Fsp3) is 0.370. The Bertz CT molecular complexity index is 944. The van der Waals surface area contributed by atoms with Gasteiger partial charge in [0.2, 0.25) is 0 Å². The number of fused-ring (bicyclic) bond motifs is 2. The van der Waals surface area contributed by atoms with E-state index in [9.17, 15) is 0 Å². The lowest BCUT2D eigenvalue weighted by atomic mass is 10.0. The van der Waals surface area contributed by atoms with Gasteiger partial charge in [0.1, 0.15) is 0 Å². The fourth-order valence-electron chi connectivity index (χ4n) is 5.20. The normalized spacial score (nSPS) is 24.4. The van der Waals surface area contributed by atoms with Crippen LogP contribution in [0.2, 0.25) is 0 Å². The van der Waals surface area contributed by atoms with Gasteiger partial charge < -0.3 is 5.32 Å². The molecule has 1 aromatic heterocycles. The highest BCUT2D eigenvalue weighted by Gasteiger charge is 2.63. The van der Waals surface area contributed by atoms with E-state index in [1.54, 1.807) is 0 Å². The van der Waals surface area contributed by atoms with Crippen molar-refractivity contribution >= 4 is 10.9 Å². The van der Waals surface area contributed by atoms with E-state index >= 15 is 0 Å². The number of rotatable bonds is 6. The molecule has 0 amide bonds. The molecule has 0 radical (unpaired) electrons. The molecule has 2 heteroatoms. The summed E-state index contributed by atoms with van der Waals surface area (Å²) in [4.78, 5) is 4.41. The summed E-state index contributed by atoms with van der Waals surface area (Å²) in [5.41, 5.74) is 4.42. The Morgan fingerprint density at radius 2 is 1.86 bits per heavy atom. The summed E-state index contributed by atoms with van der Waals surface area (Å²) in [6.07, 6.45) is 10.1. The molecule has 0 bridgehead atoms. The Balaban J connectivity index is 0.000000171. The number of piperidine rings is 1. The second-order valence-corrected chi connectivity index (χ2v) is 8.30. The van der Waals surface area contributed by atoms with Crippen molar-refractivity contribution in [1.82, 2.24) is 10.3 Å². The first-order valence-corrected chi connectivity index (χ1v) is 11.0. The third-order valence-corrected chi connectivity index (χ3v) is 6.82. The second kappa shape index (κ2) is 8.92. The van der Waals surface area contributed by atoms with Crippen molar-refractivity contribution in [2.45, 2.75) is 44.6 Å². The number of aryl methyl sites for hydroxylation is 2. The van der Waals surface area contributed by atoms with Crippen molar-refractivity contribution in [1.29, 1.82) is 0 Å². The molecule has 3 aromatic rings. The molecule has 1 saturated carbocycles. The van der Waals surface area contributed by atoms with Gasteiger partial charge >= 0.3 is 0 Å². The van der Waals surface area contributed by atoms with Crippen molar-refractivity contribution in [3.05, 3.63) is 90.6 Å². The Labute approximate surface area is 175 Å². The number of nitrogens with zero attached hydrogens (tertiary/aromatic N) is 1. The van der Waals surface area contributed by atoms with E-state index in [0.29, 0.717) is 5.54 Å². The van der Waals surface area contributed by atoms with Crippen molar-refractivity contribution < 1.29 is 0 Å². The lowest BCUT2D eigenvalue weighted by Crippen LogP contribution is -2.29. The Kier molecular flexibility index (Phi) is 6.10. The maximum absolute atomic E-state index is 4.41. The van der Waals surface area contributed by atoms with Crippen LogP contribution in [0.4, 0.5) is 0 Å². The molecule has 5 rings (SSSR count). The molecule has 1 aliphatic carbocycles. The molecule has 1 N–H and O–H groups in total. The quantitative estimate of drug-likeness (QED) is 0.530. The van der Waals surface area contributed by atoms with E-state index < -0.39 is 0 Å². The molecule has 0 spiro atoms. The summed E-state index contributed by atoms with van der Waals surface area (Å²) in [6.45, 7) is 7.36. The number of nitrogens with one attached hydrogen (secondary N) is 1. The van der Waals surface area contributed by atoms with Gasteiger partial charge in [-0.2, -0.15) is 0 Å². The zero-order valence-electron chi connectivity index (χ0n) is 17.5. The molecule has 2 aliphatic rings. The third-order valence-electron chi connectivity index (χ3n) is 6.82. The highest BCUT2D eigenvalue weighted by molar-refractivity contribution is 5.81. The van der Waals surface area contributed by atoms with Gasteiger partial charge in [0.15, 0.2) is 0 Å². The van der Waals surface area contributed by atoms with Gasteiger partial charge in [0.05, 0.1) is 5.52 Å². The predicted octanol–water partition coefficient (Wildman–Crippen LogP) is 5.97. The first-order valence-electron chi connectivity index (χ1n) is 11.0. The minimum Gasteiger partial charge on any atom is -0.310 e. The van der Waals surface area contributed by atoms with E-state index in [2.05, 4.69) is 84.5 Å². The molecule has 1 aliphatic heterocycles. The molecule has 3 atom stereocenters. The minimum absolute atomic E-state index is 0.502. The average molecular weight is 385 g/mol. The molecule has 150 valence electrons. The van der Waals surface area contributed by atoms with Gasteiger partial charge in [-0.1, -0.05) is 61.5 Å². The lowest BCUT2D eigenvalue weighted by Gasteiger charge is -2.11.